The van der Waals surface area contributed by atoms with E-state index >= 15 is 0 Å². The topological polar surface area (TPSA) is 83.3 Å². The predicted octanol–water partition coefficient (Wildman–Crippen LogP) is 2.06. The maximum atomic E-state index is 12.4. The third kappa shape index (κ3) is 3.29. The summed E-state index contributed by atoms with van der Waals surface area (Å²) < 4.78 is 31.7. The number of benzene rings is 1. The standard InChI is InChI=1S/C15H12ClN3O3S/c16-12-2-4-14(5-3-12)23(20,21)19-9-13(10-19)22-15-6-1-11(7-17)8-18-15/h1-6,8,13H,9-10H2. The van der Waals surface area contributed by atoms with E-state index in [1.54, 1.807) is 24.3 Å². The first-order valence-electron chi connectivity index (χ1n) is 6.77. The molecule has 3 rings (SSSR count). The number of pyridine rings is 1. The number of hydrogen-bond acceptors (Lipinski definition) is 5. The molecule has 1 aromatic carbocycles. The zero-order valence-corrected chi connectivity index (χ0v) is 13.5. The number of aromatic nitrogens is 1. The van der Waals surface area contributed by atoms with Crippen molar-refractivity contribution in [2.45, 2.75) is 11.0 Å². The second-order valence-corrected chi connectivity index (χ2v) is 7.39. The van der Waals surface area contributed by atoms with Gasteiger partial charge in [0.15, 0.2) is 0 Å². The molecule has 0 unspecified atom stereocenters. The second-order valence-electron chi connectivity index (χ2n) is 5.01. The lowest BCUT2D eigenvalue weighted by atomic mass is 10.2. The van der Waals surface area contributed by atoms with Crippen molar-refractivity contribution < 1.29 is 13.2 Å². The maximum absolute atomic E-state index is 12.4. The molecule has 1 aliphatic rings. The van der Waals surface area contributed by atoms with Crippen LogP contribution >= 0.6 is 11.6 Å². The molecule has 1 fully saturated rings. The minimum Gasteiger partial charge on any atom is -0.472 e. The summed E-state index contributed by atoms with van der Waals surface area (Å²) in [6.07, 6.45) is 1.16. The Labute approximate surface area is 138 Å². The minimum absolute atomic E-state index is 0.205. The van der Waals surface area contributed by atoms with Crippen LogP contribution in [0.3, 0.4) is 0 Å². The van der Waals surface area contributed by atoms with Crippen molar-refractivity contribution in [3.63, 3.8) is 0 Å². The van der Waals surface area contributed by atoms with Crippen molar-refractivity contribution in [2.24, 2.45) is 0 Å². The van der Waals surface area contributed by atoms with Crippen LogP contribution in [0.5, 0.6) is 5.88 Å². The molecular weight excluding hydrogens is 338 g/mol. The molecule has 23 heavy (non-hydrogen) atoms. The van der Waals surface area contributed by atoms with Crippen molar-refractivity contribution in [3.05, 3.63) is 53.2 Å². The number of sulfonamides is 1. The van der Waals surface area contributed by atoms with Crippen molar-refractivity contribution >= 4 is 21.6 Å². The van der Waals surface area contributed by atoms with E-state index in [2.05, 4.69) is 4.98 Å². The number of rotatable bonds is 4. The smallest absolute Gasteiger partial charge is 0.243 e. The molecule has 1 aliphatic heterocycles. The van der Waals surface area contributed by atoms with Crippen LogP contribution in [-0.4, -0.2) is 36.9 Å². The average Bonchev–Trinajstić information content (AvgIpc) is 2.51. The maximum Gasteiger partial charge on any atom is 0.243 e. The summed E-state index contributed by atoms with van der Waals surface area (Å²) in [4.78, 5) is 4.20. The van der Waals surface area contributed by atoms with E-state index in [9.17, 15) is 8.42 Å². The van der Waals surface area contributed by atoms with Gasteiger partial charge in [0.05, 0.1) is 23.5 Å². The Kier molecular flexibility index (Phi) is 4.22. The third-order valence-electron chi connectivity index (χ3n) is 3.42. The minimum atomic E-state index is -3.52. The van der Waals surface area contributed by atoms with Gasteiger partial charge in [0.2, 0.25) is 15.9 Å². The molecule has 0 amide bonds. The second kappa shape index (κ2) is 6.16. The summed E-state index contributed by atoms with van der Waals surface area (Å²) in [6, 6.07) is 11.2. The van der Waals surface area contributed by atoms with Crippen molar-refractivity contribution in [3.8, 4) is 11.9 Å². The summed E-state index contributed by atoms with van der Waals surface area (Å²) in [5.41, 5.74) is 0.443. The molecule has 1 aromatic heterocycles. The van der Waals surface area contributed by atoms with Gasteiger partial charge in [0, 0.05) is 17.3 Å². The molecule has 0 saturated carbocycles. The molecule has 0 N–H and O–H groups in total. The Morgan fingerprint density at radius 1 is 1.22 bits per heavy atom. The highest BCUT2D eigenvalue weighted by atomic mass is 35.5. The fraction of sp³-hybridized carbons (Fsp3) is 0.200. The van der Waals surface area contributed by atoms with Crippen molar-refractivity contribution in [1.29, 1.82) is 5.26 Å². The SMILES string of the molecule is N#Cc1ccc(OC2CN(S(=O)(=O)c3ccc(Cl)cc3)C2)nc1. The number of hydrogen-bond donors (Lipinski definition) is 0. The zero-order valence-electron chi connectivity index (χ0n) is 11.9. The first-order valence-corrected chi connectivity index (χ1v) is 8.59. The van der Waals surface area contributed by atoms with Gasteiger partial charge in [-0.3, -0.25) is 0 Å². The Hall–Kier alpha value is -2.14. The van der Waals surface area contributed by atoms with E-state index in [1.807, 2.05) is 6.07 Å². The van der Waals surface area contributed by atoms with Gasteiger partial charge in [-0.15, -0.1) is 0 Å². The van der Waals surface area contributed by atoms with Gasteiger partial charge in [0.25, 0.3) is 0 Å². The van der Waals surface area contributed by atoms with Crippen LogP contribution in [0, 0.1) is 11.3 Å². The number of halogens is 1. The fourth-order valence-corrected chi connectivity index (χ4v) is 3.74. The lowest BCUT2D eigenvalue weighted by Crippen LogP contribution is -2.56. The van der Waals surface area contributed by atoms with Crippen LogP contribution in [0.25, 0.3) is 0 Å². The van der Waals surface area contributed by atoms with Gasteiger partial charge in [0.1, 0.15) is 12.2 Å². The summed E-state index contributed by atoms with van der Waals surface area (Å²) >= 11 is 5.77. The first kappa shape index (κ1) is 15.7. The van der Waals surface area contributed by atoms with Gasteiger partial charge in [-0.1, -0.05) is 11.6 Å². The summed E-state index contributed by atoms with van der Waals surface area (Å²) in [6.45, 7) is 0.513. The molecule has 0 atom stereocenters. The molecule has 2 heterocycles. The zero-order chi connectivity index (χ0) is 16.4. The van der Waals surface area contributed by atoms with Crippen LogP contribution in [-0.2, 0) is 10.0 Å². The Balaban J connectivity index is 1.61. The van der Waals surface area contributed by atoms with Gasteiger partial charge in [-0.25, -0.2) is 13.4 Å². The van der Waals surface area contributed by atoms with Gasteiger partial charge in [-0.2, -0.15) is 9.57 Å². The van der Waals surface area contributed by atoms with Crippen LogP contribution in [0.4, 0.5) is 0 Å². The molecule has 2 aromatic rings. The molecule has 6 nitrogen and oxygen atoms in total. The van der Waals surface area contributed by atoms with E-state index in [0.29, 0.717) is 16.5 Å². The van der Waals surface area contributed by atoms with E-state index in [1.165, 1.54) is 22.6 Å². The van der Waals surface area contributed by atoms with Crippen LogP contribution in [0.1, 0.15) is 5.56 Å². The van der Waals surface area contributed by atoms with E-state index in [4.69, 9.17) is 21.6 Å². The quantitative estimate of drug-likeness (QED) is 0.843. The highest BCUT2D eigenvalue weighted by Crippen LogP contribution is 2.25. The lowest BCUT2D eigenvalue weighted by molar-refractivity contribution is 0.0721. The fourth-order valence-electron chi connectivity index (χ4n) is 2.11. The van der Waals surface area contributed by atoms with E-state index in [0.717, 1.165) is 0 Å². The molecule has 0 spiro atoms. The number of nitriles is 1. The molecular formula is C15H12ClN3O3S. The molecule has 118 valence electrons. The van der Waals surface area contributed by atoms with Crippen LogP contribution < -0.4 is 4.74 Å². The Morgan fingerprint density at radius 2 is 1.91 bits per heavy atom. The molecule has 8 heteroatoms. The summed E-state index contributed by atoms with van der Waals surface area (Å²) in [5, 5.41) is 9.19. The predicted molar refractivity (Wildman–Crippen MR) is 83.6 cm³/mol. The van der Waals surface area contributed by atoms with Gasteiger partial charge < -0.3 is 4.74 Å². The first-order chi connectivity index (χ1) is 11.0. The Bertz CT molecular complexity index is 839. The highest BCUT2D eigenvalue weighted by Gasteiger charge is 2.38. The van der Waals surface area contributed by atoms with E-state index in [-0.39, 0.29) is 24.1 Å². The molecule has 1 saturated heterocycles. The molecule has 0 bridgehead atoms. The summed E-state index contributed by atoms with van der Waals surface area (Å²) in [7, 11) is -3.52. The third-order valence-corrected chi connectivity index (χ3v) is 5.52. The highest BCUT2D eigenvalue weighted by molar-refractivity contribution is 7.89. The lowest BCUT2D eigenvalue weighted by Gasteiger charge is -2.37. The van der Waals surface area contributed by atoms with Gasteiger partial charge in [-0.05, 0) is 30.3 Å². The van der Waals surface area contributed by atoms with E-state index < -0.39 is 10.0 Å². The monoisotopic (exact) mass is 349 g/mol. The van der Waals surface area contributed by atoms with Gasteiger partial charge >= 0.3 is 0 Å². The molecule has 0 aliphatic carbocycles. The van der Waals surface area contributed by atoms with Crippen LogP contribution in [0.15, 0.2) is 47.5 Å². The Morgan fingerprint density at radius 3 is 2.48 bits per heavy atom. The van der Waals surface area contributed by atoms with Crippen molar-refractivity contribution in [1.82, 2.24) is 9.29 Å². The summed E-state index contributed by atoms with van der Waals surface area (Å²) in [5.74, 6) is 0.373. The number of ether oxygens (including phenoxy) is 1. The largest absolute Gasteiger partial charge is 0.472 e. The average molecular weight is 350 g/mol. The van der Waals surface area contributed by atoms with Crippen molar-refractivity contribution in [2.75, 3.05) is 13.1 Å². The normalized spacial score (nSPS) is 15.7. The number of nitrogens with zero attached hydrogens (tertiary/aromatic N) is 3. The van der Waals surface area contributed by atoms with Crippen LogP contribution in [0.2, 0.25) is 5.02 Å². The molecule has 0 radical (unpaired) electrons.